The van der Waals surface area contributed by atoms with Gasteiger partial charge in [-0.3, -0.25) is 9.59 Å². The number of carbonyl (C=O) groups excluding carboxylic acids is 1. The largest absolute Gasteiger partial charge is 0.360 e. The zero-order chi connectivity index (χ0) is 19.2. The van der Waals surface area contributed by atoms with Gasteiger partial charge in [-0.2, -0.15) is 5.10 Å². The SMILES string of the molecule is Cc1cc(C)c(NC(=O)[C@H](C)n2nc(C)c3c(C)onc3c2=O)c(C)c1. The van der Waals surface area contributed by atoms with Crippen LogP contribution in [0.15, 0.2) is 21.5 Å². The molecule has 1 amide bonds. The second kappa shape index (κ2) is 6.40. The zero-order valence-corrected chi connectivity index (χ0v) is 15.8. The Labute approximate surface area is 151 Å². The predicted octanol–water partition coefficient (Wildman–Crippen LogP) is 3.13. The van der Waals surface area contributed by atoms with Crippen LogP contribution in [0.2, 0.25) is 0 Å². The standard InChI is InChI=1S/C19H22N4O3/c1-9-7-10(2)16(11(3)8-9)20-18(24)13(5)23-19(25)17-15(12(4)21-23)14(6)26-22-17/h7-8,13H,1-6H3,(H,20,24)/t13-/m0/s1. The molecule has 3 aromatic rings. The van der Waals surface area contributed by atoms with E-state index in [1.165, 1.54) is 0 Å². The highest BCUT2D eigenvalue weighted by Crippen LogP contribution is 2.23. The van der Waals surface area contributed by atoms with E-state index in [0.29, 0.717) is 16.8 Å². The second-order valence-electron chi connectivity index (χ2n) is 6.74. The number of fused-ring (bicyclic) bond motifs is 1. The Morgan fingerprint density at radius 2 is 1.77 bits per heavy atom. The van der Waals surface area contributed by atoms with Gasteiger partial charge in [0.05, 0.1) is 11.1 Å². The summed E-state index contributed by atoms with van der Waals surface area (Å²) in [6.07, 6.45) is 0. The van der Waals surface area contributed by atoms with Gasteiger partial charge in [0.2, 0.25) is 5.91 Å². The summed E-state index contributed by atoms with van der Waals surface area (Å²) in [5, 5.41) is 11.6. The van der Waals surface area contributed by atoms with Crippen molar-refractivity contribution in [3.8, 4) is 0 Å². The van der Waals surface area contributed by atoms with Crippen molar-refractivity contribution in [2.24, 2.45) is 0 Å². The van der Waals surface area contributed by atoms with E-state index in [-0.39, 0.29) is 11.4 Å². The van der Waals surface area contributed by atoms with Gasteiger partial charge in [0.15, 0.2) is 5.52 Å². The lowest BCUT2D eigenvalue weighted by Crippen LogP contribution is -2.34. The minimum atomic E-state index is -0.789. The Bertz CT molecular complexity index is 1060. The molecule has 0 aliphatic carbocycles. The molecule has 1 aromatic carbocycles. The van der Waals surface area contributed by atoms with Gasteiger partial charge in [-0.05, 0) is 52.7 Å². The van der Waals surface area contributed by atoms with Crippen molar-refractivity contribution in [3.63, 3.8) is 0 Å². The molecule has 0 spiro atoms. The maximum absolute atomic E-state index is 12.8. The molecule has 2 heterocycles. The third kappa shape index (κ3) is 2.89. The van der Waals surface area contributed by atoms with Crippen molar-refractivity contribution in [1.82, 2.24) is 14.9 Å². The van der Waals surface area contributed by atoms with Crippen LogP contribution in [0.5, 0.6) is 0 Å². The van der Waals surface area contributed by atoms with E-state index in [4.69, 9.17) is 4.52 Å². The molecule has 0 bridgehead atoms. The van der Waals surface area contributed by atoms with Crippen molar-refractivity contribution in [3.05, 3.63) is 50.6 Å². The smallest absolute Gasteiger partial charge is 0.297 e. The lowest BCUT2D eigenvalue weighted by Gasteiger charge is -2.17. The first-order chi connectivity index (χ1) is 12.2. The summed E-state index contributed by atoms with van der Waals surface area (Å²) in [4.78, 5) is 25.4. The Kier molecular flexibility index (Phi) is 4.39. The number of hydrogen-bond donors (Lipinski definition) is 1. The summed E-state index contributed by atoms with van der Waals surface area (Å²) in [6, 6.07) is 3.22. The van der Waals surface area contributed by atoms with Crippen molar-refractivity contribution in [2.45, 2.75) is 47.6 Å². The lowest BCUT2D eigenvalue weighted by atomic mass is 10.0. The van der Waals surface area contributed by atoms with Crippen LogP contribution in [0.4, 0.5) is 5.69 Å². The molecule has 1 atom stereocenters. The van der Waals surface area contributed by atoms with Crippen molar-refractivity contribution >= 4 is 22.5 Å². The molecule has 0 saturated carbocycles. The monoisotopic (exact) mass is 354 g/mol. The van der Waals surface area contributed by atoms with Crippen LogP contribution in [-0.4, -0.2) is 20.8 Å². The van der Waals surface area contributed by atoms with Gasteiger partial charge >= 0.3 is 0 Å². The summed E-state index contributed by atoms with van der Waals surface area (Å²) >= 11 is 0. The van der Waals surface area contributed by atoms with E-state index in [2.05, 4.69) is 15.6 Å². The van der Waals surface area contributed by atoms with E-state index in [0.717, 1.165) is 27.1 Å². The quantitative estimate of drug-likeness (QED) is 0.780. The van der Waals surface area contributed by atoms with Crippen LogP contribution in [-0.2, 0) is 4.79 Å². The fourth-order valence-corrected chi connectivity index (χ4v) is 3.29. The molecular formula is C19H22N4O3. The molecule has 0 unspecified atom stereocenters. The molecule has 3 rings (SSSR count). The van der Waals surface area contributed by atoms with Crippen LogP contribution < -0.4 is 10.9 Å². The Balaban J connectivity index is 1.99. The van der Waals surface area contributed by atoms with Gasteiger partial charge in [0.1, 0.15) is 11.8 Å². The third-order valence-corrected chi connectivity index (χ3v) is 4.56. The first-order valence-electron chi connectivity index (χ1n) is 8.44. The average molecular weight is 354 g/mol. The third-order valence-electron chi connectivity index (χ3n) is 4.56. The van der Waals surface area contributed by atoms with E-state index >= 15 is 0 Å². The van der Waals surface area contributed by atoms with Crippen LogP contribution in [0.3, 0.4) is 0 Å². The number of anilines is 1. The van der Waals surface area contributed by atoms with Crippen molar-refractivity contribution < 1.29 is 9.32 Å². The number of hydrogen-bond acceptors (Lipinski definition) is 5. The number of aromatic nitrogens is 3. The molecule has 0 radical (unpaired) electrons. The first-order valence-corrected chi connectivity index (χ1v) is 8.44. The van der Waals surface area contributed by atoms with Gasteiger partial charge in [-0.25, -0.2) is 4.68 Å². The number of nitrogens with zero attached hydrogens (tertiary/aromatic N) is 3. The molecule has 0 aliphatic rings. The molecule has 136 valence electrons. The topological polar surface area (TPSA) is 90.0 Å². The zero-order valence-electron chi connectivity index (χ0n) is 15.8. The molecule has 7 nitrogen and oxygen atoms in total. The normalized spacial score (nSPS) is 12.4. The molecule has 7 heteroatoms. The Hall–Kier alpha value is -2.96. The summed E-state index contributed by atoms with van der Waals surface area (Å²) < 4.78 is 6.27. The van der Waals surface area contributed by atoms with Gasteiger partial charge in [-0.15, -0.1) is 0 Å². The number of aryl methyl sites for hydroxylation is 5. The highest BCUT2D eigenvalue weighted by atomic mass is 16.5. The maximum atomic E-state index is 12.8. The number of rotatable bonds is 3. The summed E-state index contributed by atoms with van der Waals surface area (Å²) in [6.45, 7) is 11.0. The van der Waals surface area contributed by atoms with Gasteiger partial charge in [-0.1, -0.05) is 22.9 Å². The molecule has 26 heavy (non-hydrogen) atoms. The maximum Gasteiger partial charge on any atom is 0.297 e. The predicted molar refractivity (Wildman–Crippen MR) is 99.5 cm³/mol. The van der Waals surface area contributed by atoms with E-state index in [9.17, 15) is 9.59 Å². The molecule has 0 fully saturated rings. The summed E-state index contributed by atoms with van der Waals surface area (Å²) in [5.41, 5.74) is 4.19. The highest BCUT2D eigenvalue weighted by Gasteiger charge is 2.23. The summed E-state index contributed by atoms with van der Waals surface area (Å²) in [5.74, 6) is 0.228. The van der Waals surface area contributed by atoms with Crippen LogP contribution >= 0.6 is 0 Å². The minimum Gasteiger partial charge on any atom is -0.360 e. The van der Waals surface area contributed by atoms with Crippen LogP contribution in [0.25, 0.3) is 10.9 Å². The Morgan fingerprint density at radius 3 is 2.38 bits per heavy atom. The Morgan fingerprint density at radius 1 is 1.15 bits per heavy atom. The summed E-state index contributed by atoms with van der Waals surface area (Å²) in [7, 11) is 0. The van der Waals surface area contributed by atoms with E-state index in [1.807, 2.05) is 32.9 Å². The molecular weight excluding hydrogens is 332 g/mol. The average Bonchev–Trinajstić information content (AvgIpc) is 2.96. The van der Waals surface area contributed by atoms with Gasteiger partial charge in [0, 0.05) is 5.69 Å². The molecule has 0 aliphatic heterocycles. The van der Waals surface area contributed by atoms with E-state index < -0.39 is 11.6 Å². The number of amides is 1. The molecule has 2 aromatic heterocycles. The molecule has 1 N–H and O–H groups in total. The minimum absolute atomic E-state index is 0.192. The number of nitrogens with one attached hydrogen (secondary N) is 1. The molecule has 0 saturated heterocycles. The van der Waals surface area contributed by atoms with Crippen LogP contribution in [0.1, 0.15) is 41.1 Å². The van der Waals surface area contributed by atoms with Gasteiger partial charge < -0.3 is 9.84 Å². The van der Waals surface area contributed by atoms with Crippen molar-refractivity contribution in [1.29, 1.82) is 0 Å². The lowest BCUT2D eigenvalue weighted by molar-refractivity contribution is -0.119. The first kappa shape index (κ1) is 17.8. The number of benzene rings is 1. The second-order valence-corrected chi connectivity index (χ2v) is 6.74. The fourth-order valence-electron chi connectivity index (χ4n) is 3.29. The van der Waals surface area contributed by atoms with Crippen LogP contribution in [0, 0.1) is 34.6 Å². The van der Waals surface area contributed by atoms with Crippen molar-refractivity contribution in [2.75, 3.05) is 5.32 Å². The fraction of sp³-hybridized carbons (Fsp3) is 0.368. The van der Waals surface area contributed by atoms with E-state index in [1.54, 1.807) is 20.8 Å². The number of carbonyl (C=O) groups is 1. The van der Waals surface area contributed by atoms with Gasteiger partial charge in [0.25, 0.3) is 5.56 Å². The highest BCUT2D eigenvalue weighted by molar-refractivity contribution is 5.95.